The van der Waals surface area contributed by atoms with Crippen LogP contribution in [-0.2, 0) is 6.42 Å². The Balaban J connectivity index is 2.30. The van der Waals surface area contributed by atoms with Crippen molar-refractivity contribution in [2.24, 2.45) is 0 Å². The van der Waals surface area contributed by atoms with Crippen LogP contribution in [0.1, 0.15) is 41.8 Å². The Morgan fingerprint density at radius 3 is 2.54 bits per heavy atom. The smallest absolute Gasteiger partial charge is 0.185 e. The zero-order valence-electron chi connectivity index (χ0n) is 14.1. The van der Waals surface area contributed by atoms with Crippen molar-refractivity contribution >= 4 is 17.5 Å². The number of ketones is 1. The highest BCUT2D eigenvalue weighted by Gasteiger charge is 2.09. The summed E-state index contributed by atoms with van der Waals surface area (Å²) in [4.78, 5) is 12.3. The van der Waals surface area contributed by atoms with Crippen molar-refractivity contribution in [3.05, 3.63) is 59.2 Å². The standard InChI is InChI=1S/C20H23NO3/c1-3-5-15-12-16(20(24-4-2)13-19(15)23)8-11-18(22)14-6-9-17(21)10-7-14/h6-13,23H,3-5,21H2,1-2H3/b11-8+. The van der Waals surface area contributed by atoms with E-state index in [1.54, 1.807) is 36.4 Å². The number of nitrogens with two attached hydrogens (primary N) is 1. The molecular weight excluding hydrogens is 302 g/mol. The molecule has 0 saturated heterocycles. The second-order valence-electron chi connectivity index (χ2n) is 5.52. The molecule has 0 bridgehead atoms. The average molecular weight is 325 g/mol. The molecule has 0 aromatic heterocycles. The Hall–Kier alpha value is -2.75. The molecule has 2 aromatic carbocycles. The summed E-state index contributed by atoms with van der Waals surface area (Å²) in [5.41, 5.74) is 8.46. The number of carbonyl (C=O) groups is 1. The summed E-state index contributed by atoms with van der Waals surface area (Å²) in [7, 11) is 0. The van der Waals surface area contributed by atoms with Gasteiger partial charge in [0.2, 0.25) is 0 Å². The number of hydrogen-bond acceptors (Lipinski definition) is 4. The van der Waals surface area contributed by atoms with E-state index < -0.39 is 0 Å². The number of ether oxygens (including phenoxy) is 1. The first kappa shape index (κ1) is 17.6. The predicted molar refractivity (Wildman–Crippen MR) is 97.5 cm³/mol. The molecule has 0 aliphatic heterocycles. The molecule has 24 heavy (non-hydrogen) atoms. The molecule has 0 heterocycles. The number of phenols is 1. The fraction of sp³-hybridized carbons (Fsp3) is 0.250. The van der Waals surface area contributed by atoms with Gasteiger partial charge < -0.3 is 15.6 Å². The van der Waals surface area contributed by atoms with E-state index >= 15 is 0 Å². The van der Waals surface area contributed by atoms with Crippen LogP contribution in [0.2, 0.25) is 0 Å². The van der Waals surface area contributed by atoms with Crippen molar-refractivity contribution in [2.45, 2.75) is 26.7 Å². The number of benzene rings is 2. The summed E-state index contributed by atoms with van der Waals surface area (Å²) in [5, 5.41) is 10.1. The van der Waals surface area contributed by atoms with Crippen molar-refractivity contribution in [3.63, 3.8) is 0 Å². The van der Waals surface area contributed by atoms with E-state index in [0.717, 1.165) is 24.0 Å². The fourth-order valence-electron chi connectivity index (χ4n) is 2.42. The molecule has 0 aliphatic rings. The lowest BCUT2D eigenvalue weighted by Crippen LogP contribution is -1.98. The fourth-order valence-corrected chi connectivity index (χ4v) is 2.42. The first-order valence-electron chi connectivity index (χ1n) is 8.11. The molecule has 4 nitrogen and oxygen atoms in total. The zero-order valence-corrected chi connectivity index (χ0v) is 14.1. The van der Waals surface area contributed by atoms with Crippen molar-refractivity contribution in [1.29, 1.82) is 0 Å². The van der Waals surface area contributed by atoms with Gasteiger partial charge in [-0.15, -0.1) is 0 Å². The summed E-state index contributed by atoms with van der Waals surface area (Å²) < 4.78 is 5.57. The maximum Gasteiger partial charge on any atom is 0.185 e. The minimum atomic E-state index is -0.109. The first-order chi connectivity index (χ1) is 11.5. The molecule has 4 heteroatoms. The lowest BCUT2D eigenvalue weighted by Gasteiger charge is -2.11. The van der Waals surface area contributed by atoms with Crippen LogP contribution in [0.5, 0.6) is 11.5 Å². The molecule has 2 rings (SSSR count). The second-order valence-corrected chi connectivity index (χ2v) is 5.52. The molecular formula is C20H23NO3. The van der Waals surface area contributed by atoms with Gasteiger partial charge in [-0.25, -0.2) is 0 Å². The van der Waals surface area contributed by atoms with Gasteiger partial charge >= 0.3 is 0 Å². The van der Waals surface area contributed by atoms with E-state index in [-0.39, 0.29) is 11.5 Å². The van der Waals surface area contributed by atoms with E-state index in [1.807, 2.05) is 13.0 Å². The maximum absolute atomic E-state index is 12.3. The molecule has 0 spiro atoms. The number of carbonyl (C=O) groups excluding carboxylic acids is 1. The number of anilines is 1. The Kier molecular flexibility index (Phi) is 6.01. The van der Waals surface area contributed by atoms with Gasteiger partial charge in [0.15, 0.2) is 5.78 Å². The lowest BCUT2D eigenvalue weighted by molar-refractivity contribution is 0.104. The van der Waals surface area contributed by atoms with Crippen molar-refractivity contribution in [2.75, 3.05) is 12.3 Å². The van der Waals surface area contributed by atoms with E-state index in [4.69, 9.17) is 10.5 Å². The third kappa shape index (κ3) is 4.38. The zero-order chi connectivity index (χ0) is 17.5. The van der Waals surface area contributed by atoms with Gasteiger partial charge in [0.05, 0.1) is 6.61 Å². The Morgan fingerprint density at radius 2 is 1.92 bits per heavy atom. The molecule has 0 saturated carbocycles. The van der Waals surface area contributed by atoms with Gasteiger partial charge in [-0.05, 0) is 61.4 Å². The van der Waals surface area contributed by atoms with Crippen LogP contribution in [0, 0.1) is 0 Å². The van der Waals surface area contributed by atoms with Crippen LogP contribution in [0.4, 0.5) is 5.69 Å². The van der Waals surface area contributed by atoms with Gasteiger partial charge in [-0.3, -0.25) is 4.79 Å². The number of nitrogen functional groups attached to an aromatic ring is 1. The van der Waals surface area contributed by atoms with Crippen LogP contribution < -0.4 is 10.5 Å². The summed E-state index contributed by atoms with van der Waals surface area (Å²) in [6, 6.07) is 10.3. The number of phenolic OH excluding ortho intramolecular Hbond substituents is 1. The van der Waals surface area contributed by atoms with Crippen LogP contribution in [0.15, 0.2) is 42.5 Å². The molecule has 126 valence electrons. The third-order valence-electron chi connectivity index (χ3n) is 3.64. The number of allylic oxidation sites excluding steroid dienone is 1. The normalized spacial score (nSPS) is 10.9. The second kappa shape index (κ2) is 8.20. The van der Waals surface area contributed by atoms with E-state index in [1.165, 1.54) is 6.08 Å². The minimum absolute atomic E-state index is 0.109. The van der Waals surface area contributed by atoms with Gasteiger partial charge in [0.1, 0.15) is 11.5 Å². The van der Waals surface area contributed by atoms with Crippen LogP contribution in [0.25, 0.3) is 6.08 Å². The van der Waals surface area contributed by atoms with Crippen molar-refractivity contribution < 1.29 is 14.6 Å². The van der Waals surface area contributed by atoms with Crippen molar-refractivity contribution in [3.8, 4) is 11.5 Å². The number of hydrogen-bond donors (Lipinski definition) is 2. The predicted octanol–water partition coefficient (Wildman–Crippen LogP) is 4.22. The van der Waals surface area contributed by atoms with Crippen molar-refractivity contribution in [1.82, 2.24) is 0 Å². The summed E-state index contributed by atoms with van der Waals surface area (Å²) in [5.74, 6) is 0.682. The van der Waals surface area contributed by atoms with E-state index in [2.05, 4.69) is 6.92 Å². The Bertz CT molecular complexity index is 733. The van der Waals surface area contributed by atoms with Gasteiger partial charge in [0, 0.05) is 22.9 Å². The highest BCUT2D eigenvalue weighted by molar-refractivity contribution is 6.07. The monoisotopic (exact) mass is 325 g/mol. The molecule has 0 radical (unpaired) electrons. The minimum Gasteiger partial charge on any atom is -0.508 e. The number of aromatic hydroxyl groups is 1. The molecule has 0 aliphatic carbocycles. The van der Waals surface area contributed by atoms with Crippen LogP contribution in [-0.4, -0.2) is 17.5 Å². The molecule has 2 aromatic rings. The van der Waals surface area contributed by atoms with Gasteiger partial charge in [-0.2, -0.15) is 0 Å². The Morgan fingerprint density at radius 1 is 1.21 bits per heavy atom. The largest absolute Gasteiger partial charge is 0.508 e. The van der Waals surface area contributed by atoms with Gasteiger partial charge in [-0.1, -0.05) is 13.3 Å². The third-order valence-corrected chi connectivity index (χ3v) is 3.64. The molecule has 0 atom stereocenters. The van der Waals surface area contributed by atoms with E-state index in [0.29, 0.717) is 23.6 Å². The molecule has 0 unspecified atom stereocenters. The summed E-state index contributed by atoms with van der Waals surface area (Å²) >= 11 is 0. The average Bonchev–Trinajstić information content (AvgIpc) is 2.57. The maximum atomic E-state index is 12.3. The van der Waals surface area contributed by atoms with Crippen LogP contribution >= 0.6 is 0 Å². The van der Waals surface area contributed by atoms with Gasteiger partial charge in [0.25, 0.3) is 0 Å². The molecule has 3 N–H and O–H groups in total. The number of aryl methyl sites for hydroxylation is 1. The highest BCUT2D eigenvalue weighted by Crippen LogP contribution is 2.30. The first-order valence-corrected chi connectivity index (χ1v) is 8.11. The number of rotatable bonds is 7. The molecule has 0 amide bonds. The highest BCUT2D eigenvalue weighted by atomic mass is 16.5. The van der Waals surface area contributed by atoms with E-state index in [9.17, 15) is 9.90 Å². The molecule has 0 fully saturated rings. The lowest BCUT2D eigenvalue weighted by atomic mass is 10.0. The summed E-state index contributed by atoms with van der Waals surface area (Å²) in [6.07, 6.45) is 4.93. The Labute approximate surface area is 142 Å². The quantitative estimate of drug-likeness (QED) is 0.454. The topological polar surface area (TPSA) is 72.6 Å². The SMILES string of the molecule is CCCc1cc(/C=C/C(=O)c2ccc(N)cc2)c(OCC)cc1O. The van der Waals surface area contributed by atoms with Crippen LogP contribution in [0.3, 0.4) is 0 Å². The summed E-state index contributed by atoms with van der Waals surface area (Å²) in [6.45, 7) is 4.42.